The molecule has 0 aromatic rings. The van der Waals surface area contributed by atoms with Crippen LogP contribution in [0.1, 0.15) is 52.9 Å². The van der Waals surface area contributed by atoms with Crippen molar-refractivity contribution in [3.05, 3.63) is 0 Å². The highest BCUT2D eigenvalue weighted by molar-refractivity contribution is 8.00. The molecule has 8 fully saturated rings. The maximum Gasteiger partial charge on any atom is 0.326 e. The number of hydrogen-bond acceptors (Lipinski definition) is 35. The molecule has 0 aliphatic carbocycles. The number of thioether (sulfide) groups is 1. The SMILES string of the molecule is CC(=O)NC1[C@H](O[C@H]2C(CO)O[C@@H](NC(=O)CC(NC(=O)CCCCC3SCC4NC(=O)NC43)C(=O)O)C(NC(C)=O)[C@H]2O)OC(CO)[C@H](O[C@@H]2OC(CO)[C@H](O)[C@H](O[C@@H]3OC(CO)[C@H](O)C(O)C3O[C@@H]3OC(CO)[C@H](O[C@@H]4OC(CO)[C@H](O)C(O)[C@H]4O)C(O)[C@H]3NC(C)=O)C2O)[C@@H]1O. The van der Waals surface area contributed by atoms with Crippen molar-refractivity contribution in [2.75, 3.05) is 45.4 Å². The normalized spacial score (nSPS) is 43.3. The average Bonchev–Trinajstić information content (AvgIpc) is 1.58. The van der Waals surface area contributed by atoms with Crippen molar-refractivity contribution < 1.29 is 172 Å². The van der Waals surface area contributed by atoms with Crippen LogP contribution in [0.5, 0.6) is 0 Å². The smallest absolute Gasteiger partial charge is 0.326 e. The second kappa shape index (κ2) is 35.7. The summed E-state index contributed by atoms with van der Waals surface area (Å²) in [6, 6.07) is -7.48. The molecule has 8 saturated heterocycles. The first-order valence-corrected chi connectivity index (χ1v) is 33.0. The average molecular weight is 1450 g/mol. The molecular formula is C56H91N7O35S. The van der Waals surface area contributed by atoms with Crippen LogP contribution in [0.3, 0.4) is 0 Å². The Morgan fingerprint density at radius 3 is 1.41 bits per heavy atom. The summed E-state index contributed by atoms with van der Waals surface area (Å²) in [6.07, 6.45) is -52.8. The van der Waals surface area contributed by atoms with E-state index in [1.54, 1.807) is 11.8 Å². The van der Waals surface area contributed by atoms with Gasteiger partial charge in [0.15, 0.2) is 37.7 Å². The first-order valence-electron chi connectivity index (χ1n) is 31.9. The molecule has 17 unspecified atom stereocenters. The van der Waals surface area contributed by atoms with Gasteiger partial charge in [-0.1, -0.05) is 6.42 Å². The van der Waals surface area contributed by atoms with Crippen molar-refractivity contribution in [1.29, 1.82) is 0 Å². The van der Waals surface area contributed by atoms with E-state index in [9.17, 15) is 120 Å². The zero-order chi connectivity index (χ0) is 72.6. The third-order valence-electron chi connectivity index (χ3n) is 18.1. The molecule has 8 rings (SSSR count). The van der Waals surface area contributed by atoms with Gasteiger partial charge < -0.3 is 176 Å². The summed E-state index contributed by atoms with van der Waals surface area (Å²) >= 11 is 1.68. The van der Waals surface area contributed by atoms with E-state index < -0.39 is 272 Å². The predicted octanol–water partition coefficient (Wildman–Crippen LogP) is -13.9. The number of urea groups is 1. The molecule has 24 N–H and O–H groups in total. The van der Waals surface area contributed by atoms with Crippen LogP contribution in [0.25, 0.3) is 0 Å². The number of carbonyl (C=O) groups excluding carboxylic acids is 6. The van der Waals surface area contributed by atoms with Crippen molar-refractivity contribution >= 4 is 53.3 Å². The number of carboxylic acid groups (broad SMARTS) is 1. The zero-order valence-electron chi connectivity index (χ0n) is 53.5. The second-order valence-corrected chi connectivity index (χ2v) is 26.4. The Labute approximate surface area is 567 Å². The lowest BCUT2D eigenvalue weighted by Gasteiger charge is -2.51. The van der Waals surface area contributed by atoms with E-state index in [1.807, 2.05) is 0 Å². The van der Waals surface area contributed by atoms with Gasteiger partial charge in [-0.05, 0) is 12.8 Å². The number of ether oxygens (including phenoxy) is 11. The van der Waals surface area contributed by atoms with Gasteiger partial charge in [-0.3, -0.25) is 24.0 Å². The lowest BCUT2D eigenvalue weighted by molar-refractivity contribution is -0.395. The molecule has 8 aliphatic rings. The predicted molar refractivity (Wildman–Crippen MR) is 318 cm³/mol. The fourth-order valence-corrected chi connectivity index (χ4v) is 14.5. The van der Waals surface area contributed by atoms with E-state index >= 15 is 0 Å². The largest absolute Gasteiger partial charge is 0.480 e. The highest BCUT2D eigenvalue weighted by Gasteiger charge is 2.59. The molecule has 43 heteroatoms. The number of fused-ring (bicyclic) bond motifs is 1. The Kier molecular flexibility index (Phi) is 28.9. The quantitative estimate of drug-likeness (QED) is 0.0244. The number of hydrogen-bond donors (Lipinski definition) is 24. The number of carbonyl (C=O) groups is 7. The van der Waals surface area contributed by atoms with E-state index in [-0.39, 0.29) is 29.8 Å². The Morgan fingerprint density at radius 2 is 0.899 bits per heavy atom. The van der Waals surface area contributed by atoms with Crippen molar-refractivity contribution in [2.24, 2.45) is 0 Å². The van der Waals surface area contributed by atoms with Crippen LogP contribution in [0, 0.1) is 0 Å². The maximum atomic E-state index is 13.5. The number of nitrogens with one attached hydrogen (secondary N) is 7. The van der Waals surface area contributed by atoms with Gasteiger partial charge >= 0.3 is 12.0 Å². The van der Waals surface area contributed by atoms with Crippen LogP contribution in [-0.2, 0) is 80.9 Å². The number of carboxylic acids is 1. The zero-order valence-corrected chi connectivity index (χ0v) is 54.3. The Morgan fingerprint density at radius 1 is 0.465 bits per heavy atom. The minimum absolute atomic E-state index is 0.00288. The van der Waals surface area contributed by atoms with Crippen LogP contribution in [-0.4, -0.2) is 381 Å². The molecule has 0 aromatic carbocycles. The van der Waals surface area contributed by atoms with Crippen molar-refractivity contribution in [1.82, 2.24) is 37.2 Å². The molecule has 42 nitrogen and oxygen atoms in total. The standard InChI is InChI=1S/C56H91N7O35S/c1-16(70)57-31-37(78)44(24(12-67)88-49(31)62-29(74)8-19(50(85)86)60-28(73)7-5-4-6-27-30-20(15-99-27)61-56(87)63-30)94-51-32(58-17(2)71)38(79)46(26(14-69)92-51)96-54-43(84)47(36(77)23(11-66)90-54)97-55-48(41(82)35(76)22(10-65)91-55)98-52-33(59-18(3)72)39(80)45(25(13-68)93-52)95-53-42(83)40(81)34(75)21(9-64)89-53/h19-27,30-49,51-55,64-69,75-84H,4-15H2,1-3H3,(H,57,70)(H,58,71)(H,59,72)(H,60,73)(H,62,74)(H,85,86)(H2,61,63,87)/t19?,20?,21?,22?,23?,24?,25?,26?,27?,30?,31?,32?,33-,34+,35+,36+,37-,38-,39?,40?,41?,42-,43?,44+,45+,46+,47+,48?,49-,51+,52+,53+,54+,55+/m1/s1. The van der Waals surface area contributed by atoms with E-state index in [1.165, 1.54) is 0 Å². The van der Waals surface area contributed by atoms with Crippen molar-refractivity contribution in [3.63, 3.8) is 0 Å². The second-order valence-electron chi connectivity index (χ2n) is 25.1. The molecule has 0 radical (unpaired) electrons. The lowest BCUT2D eigenvalue weighted by atomic mass is 9.93. The summed E-state index contributed by atoms with van der Waals surface area (Å²) in [4.78, 5) is 88.7. The van der Waals surface area contributed by atoms with E-state index in [0.717, 1.165) is 26.5 Å². The number of aliphatic hydroxyl groups excluding tert-OH is 16. The van der Waals surface area contributed by atoms with Gasteiger partial charge in [0.25, 0.3) is 0 Å². The van der Waals surface area contributed by atoms with E-state index in [2.05, 4.69) is 37.2 Å². The van der Waals surface area contributed by atoms with E-state index in [0.29, 0.717) is 19.3 Å². The number of amides is 7. The van der Waals surface area contributed by atoms with E-state index in [4.69, 9.17) is 52.1 Å². The van der Waals surface area contributed by atoms with Crippen molar-refractivity contribution in [2.45, 2.75) is 260 Å². The van der Waals surface area contributed by atoms with Crippen LogP contribution in [0.2, 0.25) is 0 Å². The van der Waals surface area contributed by atoms with Gasteiger partial charge in [0.2, 0.25) is 29.5 Å². The third-order valence-corrected chi connectivity index (χ3v) is 19.6. The molecular weight excluding hydrogens is 1360 g/mol. The molecule has 34 atom stereocenters. The molecule has 0 aromatic heterocycles. The van der Waals surface area contributed by atoms with Crippen LogP contribution in [0.4, 0.5) is 4.79 Å². The van der Waals surface area contributed by atoms with Gasteiger partial charge in [-0.25, -0.2) is 9.59 Å². The lowest BCUT2D eigenvalue weighted by Crippen LogP contribution is -2.71. The highest BCUT2D eigenvalue weighted by atomic mass is 32.2. The molecule has 8 aliphatic heterocycles. The number of aliphatic hydroxyl groups is 16. The van der Waals surface area contributed by atoms with Gasteiger partial charge in [0.05, 0.1) is 58.1 Å². The topological polar surface area (TPSA) is 649 Å². The summed E-state index contributed by atoms with van der Waals surface area (Å²) in [7, 11) is 0. The minimum atomic E-state index is -2.34. The molecule has 0 spiro atoms. The number of aliphatic carboxylic acids is 1. The fourth-order valence-electron chi connectivity index (χ4n) is 13.0. The molecule has 7 amide bonds. The van der Waals surface area contributed by atoms with Gasteiger partial charge in [0.1, 0.15) is 152 Å². The number of rotatable bonds is 29. The Balaban J connectivity index is 0.944. The van der Waals surface area contributed by atoms with Crippen LogP contribution in [0.15, 0.2) is 0 Å². The summed E-state index contributed by atoms with van der Waals surface area (Å²) in [5.74, 6) is -5.25. The minimum Gasteiger partial charge on any atom is -0.480 e. The van der Waals surface area contributed by atoms with Crippen LogP contribution >= 0.6 is 11.8 Å². The van der Waals surface area contributed by atoms with Gasteiger partial charge in [0, 0.05) is 38.2 Å². The molecule has 566 valence electrons. The molecule has 0 bridgehead atoms. The van der Waals surface area contributed by atoms with Crippen LogP contribution < -0.4 is 37.2 Å². The summed E-state index contributed by atoms with van der Waals surface area (Å²) in [5.41, 5.74) is 0. The fraction of sp³-hybridized carbons (Fsp3) is 0.875. The molecule has 99 heavy (non-hydrogen) atoms. The Hall–Kier alpha value is -4.64. The first-order chi connectivity index (χ1) is 47.0. The summed E-state index contributed by atoms with van der Waals surface area (Å²) in [6.45, 7) is -3.30. The van der Waals surface area contributed by atoms with Gasteiger partial charge in [-0.2, -0.15) is 11.8 Å². The molecule has 0 saturated carbocycles. The third kappa shape index (κ3) is 18.8. The number of unbranched alkanes of at least 4 members (excludes halogenated alkanes) is 1. The maximum absolute atomic E-state index is 13.5. The Bertz CT molecular complexity index is 2710. The molecule has 8 heterocycles. The van der Waals surface area contributed by atoms with Crippen molar-refractivity contribution in [3.8, 4) is 0 Å². The highest BCUT2D eigenvalue weighted by Crippen LogP contribution is 2.38. The monoisotopic (exact) mass is 1450 g/mol. The summed E-state index contributed by atoms with van der Waals surface area (Å²) < 4.78 is 64.7. The van der Waals surface area contributed by atoms with Gasteiger partial charge in [-0.15, -0.1) is 0 Å². The first kappa shape index (κ1) is 80.1. The summed E-state index contributed by atoms with van der Waals surface area (Å²) in [5, 5.41) is 204.